The molecule has 0 fully saturated rings. The predicted octanol–water partition coefficient (Wildman–Crippen LogP) is 3.99. The third kappa shape index (κ3) is 4.00. The van der Waals surface area contributed by atoms with E-state index < -0.39 is 6.04 Å². The van der Waals surface area contributed by atoms with Crippen molar-refractivity contribution < 1.29 is 4.79 Å². The first kappa shape index (κ1) is 18.7. The van der Waals surface area contributed by atoms with Gasteiger partial charge in [-0.3, -0.25) is 14.8 Å². The summed E-state index contributed by atoms with van der Waals surface area (Å²) in [6.07, 6.45) is 3.03. The van der Waals surface area contributed by atoms with E-state index in [9.17, 15) is 4.79 Å². The molecular weight excluding hydrogens is 399 g/mol. The average Bonchev–Trinajstić information content (AvgIpc) is 3.17. The number of carbonyl (C=O) groups excluding carboxylic acids is 1. The van der Waals surface area contributed by atoms with Crippen molar-refractivity contribution in [2.45, 2.75) is 26.4 Å². The van der Waals surface area contributed by atoms with Gasteiger partial charge in [-0.05, 0) is 31.5 Å². The zero-order chi connectivity index (χ0) is 18.8. The lowest BCUT2D eigenvalue weighted by molar-refractivity contribution is -0.119. The van der Waals surface area contributed by atoms with Crippen LogP contribution >= 0.6 is 34.8 Å². The van der Waals surface area contributed by atoms with E-state index in [1.807, 2.05) is 6.07 Å². The van der Waals surface area contributed by atoms with Crippen LogP contribution in [0.2, 0.25) is 15.1 Å². The minimum Gasteiger partial charge on any atom is -0.291 e. The van der Waals surface area contributed by atoms with Crippen molar-refractivity contribution in [3.63, 3.8) is 0 Å². The van der Waals surface area contributed by atoms with E-state index in [0.29, 0.717) is 27.3 Å². The predicted molar refractivity (Wildman–Crippen MR) is 101 cm³/mol. The molecule has 136 valence electrons. The average molecular weight is 414 g/mol. The molecule has 1 atom stereocenters. The molecule has 3 rings (SSSR count). The number of halogens is 3. The van der Waals surface area contributed by atoms with Gasteiger partial charge in [-0.15, -0.1) is 5.10 Å². The maximum absolute atomic E-state index is 12.4. The van der Waals surface area contributed by atoms with E-state index >= 15 is 0 Å². The van der Waals surface area contributed by atoms with E-state index in [1.165, 1.54) is 12.5 Å². The largest absolute Gasteiger partial charge is 0.291 e. The second kappa shape index (κ2) is 7.65. The highest BCUT2D eigenvalue weighted by molar-refractivity contribution is 6.42. The van der Waals surface area contributed by atoms with Crippen LogP contribution in [-0.4, -0.2) is 30.5 Å². The molecule has 26 heavy (non-hydrogen) atoms. The molecule has 0 bridgehead atoms. The first-order valence-electron chi connectivity index (χ1n) is 7.69. The third-order valence-electron chi connectivity index (χ3n) is 3.83. The fraction of sp³-hybridized carbons (Fsp3) is 0.250. The Morgan fingerprint density at radius 1 is 1.23 bits per heavy atom. The Bertz CT molecular complexity index is 951. The Hall–Kier alpha value is -2.09. The summed E-state index contributed by atoms with van der Waals surface area (Å²) >= 11 is 17.9. The van der Waals surface area contributed by atoms with Crippen LogP contribution in [0.1, 0.15) is 24.2 Å². The lowest BCUT2D eigenvalue weighted by atomic mass is 10.2. The Morgan fingerprint density at radius 2 is 2.00 bits per heavy atom. The highest BCUT2D eigenvalue weighted by atomic mass is 35.5. The maximum Gasteiger partial charge on any atom is 0.251 e. The van der Waals surface area contributed by atoms with Crippen LogP contribution in [0.25, 0.3) is 0 Å². The number of anilines is 1. The lowest BCUT2D eigenvalue weighted by Gasteiger charge is -2.12. The summed E-state index contributed by atoms with van der Waals surface area (Å²) in [6.45, 7) is 3.96. The van der Waals surface area contributed by atoms with Crippen molar-refractivity contribution in [2.24, 2.45) is 0 Å². The Morgan fingerprint density at radius 3 is 2.65 bits per heavy atom. The van der Waals surface area contributed by atoms with Crippen LogP contribution in [0, 0.1) is 6.92 Å². The normalized spacial score (nSPS) is 12.2. The number of carbonyl (C=O) groups is 1. The molecule has 0 saturated carbocycles. The summed E-state index contributed by atoms with van der Waals surface area (Å²) in [6, 6.07) is 4.78. The van der Waals surface area contributed by atoms with Gasteiger partial charge < -0.3 is 0 Å². The standard InChI is InChI=1S/C16H15Cl3N6O/c1-9-14(19)6-21-25(9)10(2)15(26)22-16-20-8-24(23-16)7-11-3-4-12(17)13(18)5-11/h3-6,8,10H,7H2,1-2H3,(H,22,23,26). The second-order valence-corrected chi connectivity index (χ2v) is 6.92. The summed E-state index contributed by atoms with van der Waals surface area (Å²) in [4.78, 5) is 16.5. The van der Waals surface area contributed by atoms with Crippen molar-refractivity contribution in [3.8, 4) is 0 Å². The molecular formula is C16H15Cl3N6O. The van der Waals surface area contributed by atoms with Crippen molar-refractivity contribution in [3.05, 3.63) is 57.0 Å². The maximum atomic E-state index is 12.4. The quantitative estimate of drug-likeness (QED) is 0.686. The molecule has 1 aromatic carbocycles. The highest BCUT2D eigenvalue weighted by Gasteiger charge is 2.20. The molecule has 2 aromatic heterocycles. The van der Waals surface area contributed by atoms with Crippen LogP contribution in [0.4, 0.5) is 5.95 Å². The van der Waals surface area contributed by atoms with Gasteiger partial charge in [0, 0.05) is 0 Å². The molecule has 1 amide bonds. The number of aromatic nitrogens is 5. The van der Waals surface area contributed by atoms with Crippen LogP contribution in [0.15, 0.2) is 30.7 Å². The van der Waals surface area contributed by atoms with Crippen LogP contribution < -0.4 is 5.32 Å². The van der Waals surface area contributed by atoms with E-state index in [4.69, 9.17) is 34.8 Å². The SMILES string of the molecule is Cc1c(Cl)cnn1C(C)C(=O)Nc1ncn(Cc2ccc(Cl)c(Cl)c2)n1. The van der Waals surface area contributed by atoms with Crippen molar-refractivity contribution in [1.29, 1.82) is 0 Å². The van der Waals surface area contributed by atoms with Gasteiger partial charge in [0.1, 0.15) is 12.4 Å². The number of hydrogen-bond donors (Lipinski definition) is 1. The lowest BCUT2D eigenvalue weighted by Crippen LogP contribution is -2.25. The molecule has 0 saturated heterocycles. The molecule has 0 radical (unpaired) electrons. The number of rotatable bonds is 5. The highest BCUT2D eigenvalue weighted by Crippen LogP contribution is 2.23. The fourth-order valence-corrected chi connectivity index (χ4v) is 2.82. The molecule has 0 aliphatic carbocycles. The molecule has 7 nitrogen and oxygen atoms in total. The molecule has 3 aromatic rings. The summed E-state index contributed by atoms with van der Waals surface area (Å²) in [5.41, 5.74) is 1.63. The topological polar surface area (TPSA) is 77.6 Å². The summed E-state index contributed by atoms with van der Waals surface area (Å²) in [7, 11) is 0. The summed E-state index contributed by atoms with van der Waals surface area (Å²) < 4.78 is 3.14. The van der Waals surface area contributed by atoms with E-state index in [1.54, 1.807) is 35.3 Å². The molecule has 1 unspecified atom stereocenters. The van der Waals surface area contributed by atoms with E-state index in [2.05, 4.69) is 20.5 Å². The number of benzene rings is 1. The van der Waals surface area contributed by atoms with Gasteiger partial charge in [0.25, 0.3) is 5.91 Å². The minimum atomic E-state index is -0.551. The number of nitrogens with one attached hydrogen (secondary N) is 1. The fourth-order valence-electron chi connectivity index (χ4n) is 2.37. The Labute approximate surface area is 164 Å². The zero-order valence-electron chi connectivity index (χ0n) is 13.9. The molecule has 0 aliphatic rings. The molecule has 10 heteroatoms. The van der Waals surface area contributed by atoms with E-state index in [-0.39, 0.29) is 11.9 Å². The van der Waals surface area contributed by atoms with Gasteiger partial charge in [-0.25, -0.2) is 9.67 Å². The second-order valence-electron chi connectivity index (χ2n) is 5.70. The van der Waals surface area contributed by atoms with Gasteiger partial charge in [-0.1, -0.05) is 40.9 Å². The van der Waals surface area contributed by atoms with Crippen LogP contribution in [-0.2, 0) is 11.3 Å². The first-order chi connectivity index (χ1) is 12.3. The molecule has 1 N–H and O–H groups in total. The van der Waals surface area contributed by atoms with Crippen LogP contribution in [0.3, 0.4) is 0 Å². The minimum absolute atomic E-state index is 0.206. The van der Waals surface area contributed by atoms with Crippen molar-refractivity contribution in [2.75, 3.05) is 5.32 Å². The smallest absolute Gasteiger partial charge is 0.251 e. The molecule has 2 heterocycles. The summed E-state index contributed by atoms with van der Waals surface area (Å²) in [5, 5.41) is 12.5. The van der Waals surface area contributed by atoms with Gasteiger partial charge in [0.05, 0.1) is 33.5 Å². The van der Waals surface area contributed by atoms with Crippen LogP contribution in [0.5, 0.6) is 0 Å². The Balaban J connectivity index is 1.67. The van der Waals surface area contributed by atoms with Crippen molar-refractivity contribution in [1.82, 2.24) is 24.5 Å². The first-order valence-corrected chi connectivity index (χ1v) is 8.82. The number of amides is 1. The van der Waals surface area contributed by atoms with Gasteiger partial charge in [0.2, 0.25) is 5.95 Å². The van der Waals surface area contributed by atoms with Gasteiger partial charge in [0.15, 0.2) is 0 Å². The van der Waals surface area contributed by atoms with Gasteiger partial charge >= 0.3 is 0 Å². The van der Waals surface area contributed by atoms with E-state index in [0.717, 1.165) is 5.56 Å². The number of hydrogen-bond acceptors (Lipinski definition) is 4. The Kier molecular flexibility index (Phi) is 5.50. The number of nitrogens with zero attached hydrogens (tertiary/aromatic N) is 5. The van der Waals surface area contributed by atoms with Crippen molar-refractivity contribution >= 4 is 46.7 Å². The molecule has 0 spiro atoms. The summed E-state index contributed by atoms with van der Waals surface area (Å²) in [5.74, 6) is -0.0852. The monoisotopic (exact) mass is 412 g/mol. The zero-order valence-corrected chi connectivity index (χ0v) is 16.2. The third-order valence-corrected chi connectivity index (χ3v) is 4.94. The molecule has 0 aliphatic heterocycles. The van der Waals surface area contributed by atoms with Gasteiger partial charge in [-0.2, -0.15) is 5.10 Å².